The average Bonchev–Trinajstić information content (AvgIpc) is 2.62. The van der Waals surface area contributed by atoms with Gasteiger partial charge in [-0.2, -0.15) is 0 Å². The lowest BCUT2D eigenvalue weighted by atomic mass is 9.71. The number of carboxylic acid groups (broad SMARTS) is 1. The van der Waals surface area contributed by atoms with E-state index in [1.165, 1.54) is 0 Å². The van der Waals surface area contributed by atoms with Crippen LogP contribution in [0.2, 0.25) is 0 Å². The standard InChI is InChI=1S/C19H25NO5/c1-14-4-2-3-5-15(14)18(8-12-25-13-9-18)16(21)20-10-6-19(24,7-11-20)17(22)23/h2-5,24H,6-13H2,1H3,(H,22,23). The Morgan fingerprint density at radius 1 is 1.08 bits per heavy atom. The Labute approximate surface area is 147 Å². The Morgan fingerprint density at radius 3 is 2.24 bits per heavy atom. The van der Waals surface area contributed by atoms with E-state index in [-0.39, 0.29) is 31.8 Å². The van der Waals surface area contributed by atoms with E-state index < -0.39 is 17.0 Å². The first-order valence-electron chi connectivity index (χ1n) is 8.78. The highest BCUT2D eigenvalue weighted by atomic mass is 16.5. The number of piperidine rings is 1. The fourth-order valence-corrected chi connectivity index (χ4v) is 4.02. The summed E-state index contributed by atoms with van der Waals surface area (Å²) in [4.78, 5) is 26.4. The quantitative estimate of drug-likeness (QED) is 0.865. The van der Waals surface area contributed by atoms with Crippen LogP contribution in [0.5, 0.6) is 0 Å². The predicted molar refractivity (Wildman–Crippen MR) is 91.3 cm³/mol. The zero-order valence-electron chi connectivity index (χ0n) is 14.5. The van der Waals surface area contributed by atoms with Crippen LogP contribution in [0.4, 0.5) is 0 Å². The summed E-state index contributed by atoms with van der Waals surface area (Å²) in [5.41, 5.74) is -0.232. The van der Waals surface area contributed by atoms with Gasteiger partial charge in [-0.25, -0.2) is 4.79 Å². The van der Waals surface area contributed by atoms with E-state index in [1.807, 2.05) is 31.2 Å². The molecule has 2 aliphatic heterocycles. The first-order chi connectivity index (χ1) is 11.9. The van der Waals surface area contributed by atoms with Crippen molar-refractivity contribution in [2.24, 2.45) is 0 Å². The number of hydrogen-bond acceptors (Lipinski definition) is 4. The highest BCUT2D eigenvalue weighted by molar-refractivity contribution is 5.89. The van der Waals surface area contributed by atoms with Crippen LogP contribution >= 0.6 is 0 Å². The molecule has 2 aliphatic rings. The highest BCUT2D eigenvalue weighted by Gasteiger charge is 2.47. The predicted octanol–water partition coefficient (Wildman–Crippen LogP) is 1.48. The smallest absolute Gasteiger partial charge is 0.335 e. The molecule has 0 saturated carbocycles. The molecule has 25 heavy (non-hydrogen) atoms. The number of hydrogen-bond donors (Lipinski definition) is 2. The van der Waals surface area contributed by atoms with Gasteiger partial charge in [0.1, 0.15) is 0 Å². The summed E-state index contributed by atoms with van der Waals surface area (Å²) in [5, 5.41) is 19.3. The largest absolute Gasteiger partial charge is 0.479 e. The Morgan fingerprint density at radius 2 is 1.68 bits per heavy atom. The molecule has 0 unspecified atom stereocenters. The van der Waals surface area contributed by atoms with E-state index in [1.54, 1.807) is 4.90 Å². The molecule has 0 bridgehead atoms. The van der Waals surface area contributed by atoms with Crippen molar-refractivity contribution < 1.29 is 24.5 Å². The summed E-state index contributed by atoms with van der Waals surface area (Å²) in [6.07, 6.45) is 1.37. The summed E-state index contributed by atoms with van der Waals surface area (Å²) in [6.45, 7) is 3.60. The second kappa shape index (κ2) is 6.77. The van der Waals surface area contributed by atoms with Crippen LogP contribution in [0.15, 0.2) is 24.3 Å². The summed E-state index contributed by atoms with van der Waals surface area (Å²) in [6, 6.07) is 7.94. The molecule has 6 nitrogen and oxygen atoms in total. The Balaban J connectivity index is 1.87. The van der Waals surface area contributed by atoms with E-state index in [4.69, 9.17) is 9.84 Å². The molecule has 2 fully saturated rings. The second-order valence-electron chi connectivity index (χ2n) is 7.14. The zero-order chi connectivity index (χ0) is 18.1. The number of amides is 1. The van der Waals surface area contributed by atoms with Crippen LogP contribution in [0.1, 0.15) is 36.8 Å². The monoisotopic (exact) mass is 347 g/mol. The molecule has 0 spiro atoms. The molecule has 1 aromatic rings. The minimum absolute atomic E-state index is 0.0255. The average molecular weight is 347 g/mol. The van der Waals surface area contributed by atoms with Crippen LogP contribution in [0, 0.1) is 6.92 Å². The number of rotatable bonds is 3. The maximum atomic E-state index is 13.4. The maximum absolute atomic E-state index is 13.4. The topological polar surface area (TPSA) is 87.1 Å². The number of likely N-dealkylation sites (tertiary alicyclic amines) is 1. The molecule has 2 saturated heterocycles. The van der Waals surface area contributed by atoms with Gasteiger partial charge in [-0.3, -0.25) is 4.79 Å². The van der Waals surface area contributed by atoms with E-state index >= 15 is 0 Å². The van der Waals surface area contributed by atoms with E-state index in [9.17, 15) is 14.7 Å². The normalized spacial score (nSPS) is 22.4. The van der Waals surface area contributed by atoms with Gasteiger partial charge in [-0.15, -0.1) is 0 Å². The van der Waals surface area contributed by atoms with Crippen LogP contribution in [-0.2, 0) is 19.7 Å². The van der Waals surface area contributed by atoms with Crippen molar-refractivity contribution >= 4 is 11.9 Å². The molecular formula is C19H25NO5. The number of carboxylic acids is 1. The third kappa shape index (κ3) is 3.16. The number of aryl methyl sites for hydroxylation is 1. The number of carbonyl (C=O) groups is 2. The lowest BCUT2D eigenvalue weighted by Crippen LogP contribution is -2.56. The van der Waals surface area contributed by atoms with Gasteiger partial charge in [0.15, 0.2) is 5.60 Å². The third-order valence-corrected chi connectivity index (χ3v) is 5.69. The van der Waals surface area contributed by atoms with Gasteiger partial charge in [0.05, 0.1) is 5.41 Å². The van der Waals surface area contributed by atoms with Gasteiger partial charge in [0.25, 0.3) is 0 Å². The lowest BCUT2D eigenvalue weighted by molar-refractivity contribution is -0.166. The number of aliphatic hydroxyl groups is 1. The molecular weight excluding hydrogens is 322 g/mol. The molecule has 1 amide bonds. The van der Waals surface area contributed by atoms with E-state index in [0.717, 1.165) is 11.1 Å². The fraction of sp³-hybridized carbons (Fsp3) is 0.579. The van der Waals surface area contributed by atoms with Crippen molar-refractivity contribution in [3.8, 4) is 0 Å². The number of aliphatic carboxylic acids is 1. The minimum atomic E-state index is -1.72. The highest BCUT2D eigenvalue weighted by Crippen LogP contribution is 2.39. The molecule has 0 aliphatic carbocycles. The molecule has 2 heterocycles. The maximum Gasteiger partial charge on any atom is 0.335 e. The lowest BCUT2D eigenvalue weighted by Gasteiger charge is -2.43. The Kier molecular flexibility index (Phi) is 4.84. The first kappa shape index (κ1) is 17.9. The molecule has 0 atom stereocenters. The molecule has 136 valence electrons. The van der Waals surface area contributed by atoms with Crippen LogP contribution in [-0.4, -0.2) is 58.9 Å². The van der Waals surface area contributed by atoms with Crippen molar-refractivity contribution in [1.82, 2.24) is 4.90 Å². The number of nitrogens with zero attached hydrogens (tertiary/aromatic N) is 1. The molecule has 6 heteroatoms. The van der Waals surface area contributed by atoms with Gasteiger partial charge < -0.3 is 19.8 Å². The molecule has 0 aromatic heterocycles. The summed E-state index contributed by atoms with van der Waals surface area (Å²) >= 11 is 0. The Hall–Kier alpha value is -1.92. The van der Waals surface area contributed by atoms with Crippen LogP contribution < -0.4 is 0 Å². The van der Waals surface area contributed by atoms with Crippen molar-refractivity contribution in [2.45, 2.75) is 43.6 Å². The number of benzene rings is 1. The van der Waals surface area contributed by atoms with E-state index in [2.05, 4.69) is 0 Å². The molecule has 1 aromatic carbocycles. The van der Waals surface area contributed by atoms with Crippen LogP contribution in [0.3, 0.4) is 0 Å². The van der Waals surface area contributed by atoms with Crippen molar-refractivity contribution in [1.29, 1.82) is 0 Å². The summed E-state index contributed by atoms with van der Waals surface area (Å²) in [5.74, 6) is -1.18. The van der Waals surface area contributed by atoms with Gasteiger partial charge >= 0.3 is 5.97 Å². The van der Waals surface area contributed by atoms with Gasteiger partial charge in [0, 0.05) is 39.1 Å². The molecule has 0 radical (unpaired) electrons. The third-order valence-electron chi connectivity index (χ3n) is 5.69. The zero-order valence-corrected chi connectivity index (χ0v) is 14.5. The molecule has 2 N–H and O–H groups in total. The minimum Gasteiger partial charge on any atom is -0.479 e. The van der Waals surface area contributed by atoms with Gasteiger partial charge in [-0.05, 0) is 30.9 Å². The summed E-state index contributed by atoms with van der Waals surface area (Å²) < 4.78 is 5.50. The van der Waals surface area contributed by atoms with Crippen molar-refractivity contribution in [2.75, 3.05) is 26.3 Å². The number of ether oxygens (including phenoxy) is 1. The Bertz CT molecular complexity index is 658. The van der Waals surface area contributed by atoms with Gasteiger partial charge in [-0.1, -0.05) is 24.3 Å². The SMILES string of the molecule is Cc1ccccc1C1(C(=O)N2CCC(O)(C(=O)O)CC2)CCOCC1. The first-order valence-corrected chi connectivity index (χ1v) is 8.78. The van der Waals surface area contributed by atoms with Crippen LogP contribution in [0.25, 0.3) is 0 Å². The van der Waals surface area contributed by atoms with Crippen molar-refractivity contribution in [3.63, 3.8) is 0 Å². The van der Waals surface area contributed by atoms with Crippen molar-refractivity contribution in [3.05, 3.63) is 35.4 Å². The van der Waals surface area contributed by atoms with E-state index in [0.29, 0.717) is 26.1 Å². The summed E-state index contributed by atoms with van der Waals surface area (Å²) in [7, 11) is 0. The van der Waals surface area contributed by atoms with Gasteiger partial charge in [0.2, 0.25) is 5.91 Å². The molecule has 3 rings (SSSR count). The number of carbonyl (C=O) groups excluding carboxylic acids is 1. The fourth-order valence-electron chi connectivity index (χ4n) is 4.02. The second-order valence-corrected chi connectivity index (χ2v) is 7.14.